The van der Waals surface area contributed by atoms with Gasteiger partial charge in [-0.05, 0) is 53.3 Å². The molecule has 0 fully saturated rings. The molecule has 0 N–H and O–H groups in total. The molecule has 0 amide bonds. The van der Waals surface area contributed by atoms with Gasteiger partial charge < -0.3 is 0 Å². The molecule has 60 valence electrons. The zero-order valence-electron chi connectivity index (χ0n) is 6.84. The van der Waals surface area contributed by atoms with E-state index in [1.807, 2.05) is 11.3 Å². The van der Waals surface area contributed by atoms with Crippen LogP contribution in [0.3, 0.4) is 0 Å². The van der Waals surface area contributed by atoms with Crippen LogP contribution >= 0.6 is 11.3 Å². The Morgan fingerprint density at radius 1 is 1.08 bits per heavy atom. The third-order valence-electron chi connectivity index (χ3n) is 2.67. The largest absolute Gasteiger partial charge is 0.144 e. The molecule has 3 rings (SSSR count). The normalized spacial score (nSPS) is 15.3. The Labute approximate surface area is 75.8 Å². The van der Waals surface area contributed by atoms with Crippen molar-refractivity contribution >= 4 is 21.4 Å². The molecule has 0 nitrogen and oxygen atoms in total. The molecule has 2 aromatic rings. The summed E-state index contributed by atoms with van der Waals surface area (Å²) in [6.07, 6.45) is 3.94. The summed E-state index contributed by atoms with van der Waals surface area (Å²) in [6.45, 7) is 0. The first-order chi connectivity index (χ1) is 5.93. The van der Waals surface area contributed by atoms with Crippen molar-refractivity contribution in [3.8, 4) is 0 Å². The molecular weight excluding hydrogens is 164 g/mol. The molecule has 0 atom stereocenters. The molecule has 0 radical (unpaired) electrons. The van der Waals surface area contributed by atoms with E-state index in [1.165, 1.54) is 29.3 Å². The summed E-state index contributed by atoms with van der Waals surface area (Å²) in [4.78, 5) is 0. The van der Waals surface area contributed by atoms with E-state index in [0.29, 0.717) is 0 Å². The quantitative estimate of drug-likeness (QED) is 0.574. The van der Waals surface area contributed by atoms with Crippen molar-refractivity contribution in [2.75, 3.05) is 0 Å². The van der Waals surface area contributed by atoms with Crippen LogP contribution in [-0.2, 0) is 12.8 Å². The van der Waals surface area contributed by atoms with Crippen LogP contribution in [0.4, 0.5) is 0 Å². The van der Waals surface area contributed by atoms with Gasteiger partial charge in [0.15, 0.2) is 0 Å². The van der Waals surface area contributed by atoms with E-state index < -0.39 is 0 Å². The second-order valence-corrected chi connectivity index (χ2v) is 4.38. The summed E-state index contributed by atoms with van der Waals surface area (Å²) in [5, 5.41) is 3.61. The first-order valence-electron chi connectivity index (χ1n) is 4.42. The first kappa shape index (κ1) is 6.67. The molecule has 1 heteroatoms. The first-order valence-corrected chi connectivity index (χ1v) is 5.30. The van der Waals surface area contributed by atoms with Crippen molar-refractivity contribution in [3.63, 3.8) is 0 Å². The molecule has 0 spiro atoms. The molecule has 0 bridgehead atoms. The Hall–Kier alpha value is -0.820. The maximum atomic E-state index is 2.38. The van der Waals surface area contributed by atoms with Crippen molar-refractivity contribution < 1.29 is 0 Å². The van der Waals surface area contributed by atoms with Gasteiger partial charge in [0.2, 0.25) is 0 Å². The Morgan fingerprint density at radius 2 is 1.92 bits per heavy atom. The minimum atomic E-state index is 1.29. The predicted molar refractivity (Wildman–Crippen MR) is 53.9 cm³/mol. The lowest BCUT2D eigenvalue weighted by molar-refractivity contribution is 0.912. The number of fused-ring (bicyclic) bond motifs is 2. The van der Waals surface area contributed by atoms with Gasteiger partial charge in [0, 0.05) is 4.70 Å². The predicted octanol–water partition coefficient (Wildman–Crippen LogP) is 3.39. The van der Waals surface area contributed by atoms with Crippen LogP contribution in [0.15, 0.2) is 23.6 Å². The third kappa shape index (κ3) is 0.831. The number of hydrogen-bond donors (Lipinski definition) is 0. The van der Waals surface area contributed by atoms with Crippen LogP contribution in [0.5, 0.6) is 0 Å². The molecule has 0 unspecified atom stereocenters. The average Bonchev–Trinajstić information content (AvgIpc) is 2.64. The minimum Gasteiger partial charge on any atom is -0.144 e. The van der Waals surface area contributed by atoms with Gasteiger partial charge in [0.25, 0.3) is 0 Å². The van der Waals surface area contributed by atoms with Crippen LogP contribution in [0, 0.1) is 0 Å². The van der Waals surface area contributed by atoms with Gasteiger partial charge in [-0.25, -0.2) is 0 Å². The fourth-order valence-electron chi connectivity index (χ4n) is 2.03. The molecule has 1 aromatic heterocycles. The van der Waals surface area contributed by atoms with Gasteiger partial charge in [-0.3, -0.25) is 0 Å². The van der Waals surface area contributed by atoms with Crippen molar-refractivity contribution in [2.24, 2.45) is 0 Å². The highest BCUT2D eigenvalue weighted by atomic mass is 32.1. The van der Waals surface area contributed by atoms with Crippen LogP contribution in [0.25, 0.3) is 10.1 Å². The summed E-state index contributed by atoms with van der Waals surface area (Å²) in [5.74, 6) is 0. The Bertz CT molecular complexity index is 387. The van der Waals surface area contributed by atoms with Crippen molar-refractivity contribution in [1.29, 1.82) is 0 Å². The van der Waals surface area contributed by atoms with Gasteiger partial charge >= 0.3 is 0 Å². The Kier molecular flexibility index (Phi) is 1.30. The SMILES string of the molecule is c1cc2cc3c(cc2s1)CCC3. The van der Waals surface area contributed by atoms with Gasteiger partial charge in [-0.1, -0.05) is 6.07 Å². The van der Waals surface area contributed by atoms with Crippen LogP contribution in [0.1, 0.15) is 17.5 Å². The molecule has 0 saturated carbocycles. The molecular formula is C11H10S. The maximum absolute atomic E-state index is 2.38. The van der Waals surface area contributed by atoms with Crippen molar-refractivity contribution in [2.45, 2.75) is 19.3 Å². The number of benzene rings is 1. The Morgan fingerprint density at radius 3 is 2.83 bits per heavy atom. The lowest BCUT2D eigenvalue weighted by atomic mass is 10.1. The summed E-state index contributed by atoms with van der Waals surface area (Å²) in [7, 11) is 0. The zero-order valence-corrected chi connectivity index (χ0v) is 7.66. The monoisotopic (exact) mass is 174 g/mol. The van der Waals surface area contributed by atoms with Gasteiger partial charge in [0.1, 0.15) is 0 Å². The molecule has 1 aliphatic rings. The standard InChI is InChI=1S/C11H10S/c1-2-8-6-10-4-5-12-11(10)7-9(8)3-1/h4-7H,1-3H2. The highest BCUT2D eigenvalue weighted by molar-refractivity contribution is 7.17. The van der Waals surface area contributed by atoms with Crippen LogP contribution < -0.4 is 0 Å². The second kappa shape index (κ2) is 2.33. The van der Waals surface area contributed by atoms with Gasteiger partial charge in [-0.15, -0.1) is 11.3 Å². The number of rotatable bonds is 0. The molecule has 0 aliphatic heterocycles. The highest BCUT2D eigenvalue weighted by Crippen LogP contribution is 2.29. The van der Waals surface area contributed by atoms with Gasteiger partial charge in [0.05, 0.1) is 0 Å². The summed E-state index contributed by atoms with van der Waals surface area (Å²) in [6, 6.07) is 6.97. The zero-order chi connectivity index (χ0) is 7.97. The summed E-state index contributed by atoms with van der Waals surface area (Å²) < 4.78 is 1.45. The van der Waals surface area contributed by atoms with Gasteiger partial charge in [-0.2, -0.15) is 0 Å². The lowest BCUT2D eigenvalue weighted by Crippen LogP contribution is -1.79. The van der Waals surface area contributed by atoms with Crippen molar-refractivity contribution in [1.82, 2.24) is 0 Å². The summed E-state index contributed by atoms with van der Waals surface area (Å²) in [5.41, 5.74) is 3.17. The van der Waals surface area contributed by atoms with E-state index in [9.17, 15) is 0 Å². The molecule has 1 aromatic carbocycles. The molecule has 0 saturated heterocycles. The van der Waals surface area contributed by atoms with Crippen LogP contribution in [0.2, 0.25) is 0 Å². The molecule has 1 heterocycles. The smallest absolute Gasteiger partial charge is 0.0345 e. The number of aryl methyl sites for hydroxylation is 2. The molecule has 1 aliphatic carbocycles. The number of hydrogen-bond acceptors (Lipinski definition) is 1. The molecule has 12 heavy (non-hydrogen) atoms. The van der Waals surface area contributed by atoms with E-state index >= 15 is 0 Å². The maximum Gasteiger partial charge on any atom is 0.0345 e. The topological polar surface area (TPSA) is 0 Å². The lowest BCUT2D eigenvalue weighted by Gasteiger charge is -1.97. The van der Waals surface area contributed by atoms with Crippen LogP contribution in [-0.4, -0.2) is 0 Å². The third-order valence-corrected chi connectivity index (χ3v) is 3.55. The van der Waals surface area contributed by atoms with E-state index in [0.717, 1.165) is 0 Å². The fraction of sp³-hybridized carbons (Fsp3) is 0.273. The minimum absolute atomic E-state index is 1.29. The van der Waals surface area contributed by atoms with E-state index in [2.05, 4.69) is 23.6 Å². The van der Waals surface area contributed by atoms with E-state index in [1.54, 1.807) is 11.1 Å². The Balaban J connectivity index is 2.38. The summed E-state index contributed by atoms with van der Waals surface area (Å²) >= 11 is 1.85. The van der Waals surface area contributed by atoms with Crippen molar-refractivity contribution in [3.05, 3.63) is 34.7 Å². The average molecular weight is 174 g/mol. The second-order valence-electron chi connectivity index (χ2n) is 3.43. The van der Waals surface area contributed by atoms with E-state index in [-0.39, 0.29) is 0 Å². The highest BCUT2D eigenvalue weighted by Gasteiger charge is 2.11. The number of thiophene rings is 1. The van der Waals surface area contributed by atoms with E-state index in [4.69, 9.17) is 0 Å². The fourth-order valence-corrected chi connectivity index (χ4v) is 2.87.